The first-order chi connectivity index (χ1) is 11.8. The largest absolute Gasteiger partial charge is 0.452 e. The average Bonchev–Trinajstić information content (AvgIpc) is 3.22. The van der Waals surface area contributed by atoms with Crippen molar-refractivity contribution in [2.24, 2.45) is 0 Å². The van der Waals surface area contributed by atoms with E-state index in [-0.39, 0.29) is 39.0 Å². The molecule has 1 aromatic heterocycles. The summed E-state index contributed by atoms with van der Waals surface area (Å²) in [4.78, 5) is 12.0. The first kappa shape index (κ1) is 18.1. The molecule has 0 amide bonds. The lowest BCUT2D eigenvalue weighted by atomic mass is 10.2. The first-order valence-electron chi connectivity index (χ1n) is 7.24. The van der Waals surface area contributed by atoms with Gasteiger partial charge in [0.2, 0.25) is 15.9 Å². The van der Waals surface area contributed by atoms with Crippen molar-refractivity contribution in [1.82, 2.24) is 14.9 Å². The lowest BCUT2D eigenvalue weighted by Gasteiger charge is -2.11. The number of carbonyl (C=O) groups is 1. The number of aryl methyl sites for hydroxylation is 1. The van der Waals surface area contributed by atoms with E-state index in [1.807, 2.05) is 0 Å². The maximum absolute atomic E-state index is 12.3. The van der Waals surface area contributed by atoms with Crippen LogP contribution >= 0.6 is 23.2 Å². The Bertz CT molecular complexity index is 925. The Morgan fingerprint density at radius 1 is 1.32 bits per heavy atom. The van der Waals surface area contributed by atoms with Crippen molar-refractivity contribution < 1.29 is 22.4 Å². The third-order valence-corrected chi connectivity index (χ3v) is 5.62. The summed E-state index contributed by atoms with van der Waals surface area (Å²) in [5.41, 5.74) is -0.126. The minimum atomic E-state index is -3.85. The lowest BCUT2D eigenvalue weighted by Crippen LogP contribution is -2.26. The van der Waals surface area contributed by atoms with Gasteiger partial charge in [0.25, 0.3) is 5.89 Å². The maximum atomic E-state index is 12.3. The van der Waals surface area contributed by atoms with E-state index in [1.54, 1.807) is 6.92 Å². The number of ether oxygens (including phenoxy) is 1. The summed E-state index contributed by atoms with van der Waals surface area (Å²) in [5, 5.41) is 7.19. The van der Waals surface area contributed by atoms with Gasteiger partial charge in [0.15, 0.2) is 6.61 Å². The van der Waals surface area contributed by atoms with E-state index in [2.05, 4.69) is 14.9 Å². The number of sulfonamides is 1. The van der Waals surface area contributed by atoms with Gasteiger partial charge in [-0.3, -0.25) is 0 Å². The van der Waals surface area contributed by atoms with E-state index in [9.17, 15) is 13.2 Å². The fourth-order valence-electron chi connectivity index (χ4n) is 1.98. The second-order valence-electron chi connectivity index (χ2n) is 5.45. The highest BCUT2D eigenvalue weighted by Gasteiger charge is 2.30. The average molecular weight is 406 g/mol. The quantitative estimate of drug-likeness (QED) is 0.734. The zero-order valence-corrected chi connectivity index (χ0v) is 15.3. The molecule has 2 aromatic rings. The fraction of sp³-hybridized carbons (Fsp3) is 0.357. The molecule has 0 spiro atoms. The number of carbonyl (C=O) groups excluding carboxylic acids is 1. The second kappa shape index (κ2) is 6.91. The third kappa shape index (κ3) is 4.30. The Morgan fingerprint density at radius 2 is 2.04 bits per heavy atom. The summed E-state index contributed by atoms with van der Waals surface area (Å²) in [7, 11) is -3.85. The van der Waals surface area contributed by atoms with Gasteiger partial charge in [0.05, 0.1) is 15.6 Å². The van der Waals surface area contributed by atoms with Gasteiger partial charge in [0, 0.05) is 13.0 Å². The summed E-state index contributed by atoms with van der Waals surface area (Å²) in [6.45, 7) is 1.33. The van der Waals surface area contributed by atoms with E-state index >= 15 is 0 Å². The Morgan fingerprint density at radius 3 is 2.64 bits per heavy atom. The highest BCUT2D eigenvalue weighted by molar-refractivity contribution is 7.89. The van der Waals surface area contributed by atoms with Gasteiger partial charge in [-0.2, -0.15) is 0 Å². The molecular weight excluding hydrogens is 393 g/mol. The number of benzene rings is 1. The van der Waals surface area contributed by atoms with E-state index < -0.39 is 16.0 Å². The molecule has 0 aliphatic heterocycles. The minimum absolute atomic E-state index is 0.0259. The maximum Gasteiger partial charge on any atom is 0.340 e. The number of nitrogens with one attached hydrogen (secondary N) is 1. The van der Waals surface area contributed by atoms with Crippen molar-refractivity contribution in [2.75, 3.05) is 0 Å². The van der Waals surface area contributed by atoms with Crippen LogP contribution in [-0.4, -0.2) is 30.6 Å². The van der Waals surface area contributed by atoms with Crippen LogP contribution in [0.5, 0.6) is 0 Å². The van der Waals surface area contributed by atoms with Crippen molar-refractivity contribution >= 4 is 39.2 Å². The molecule has 25 heavy (non-hydrogen) atoms. The molecule has 1 aromatic carbocycles. The molecule has 1 aliphatic carbocycles. The fourth-order valence-corrected chi connectivity index (χ4v) is 4.13. The molecule has 3 rings (SSSR count). The molecule has 134 valence electrons. The Kier molecular flexibility index (Phi) is 5.01. The minimum Gasteiger partial charge on any atom is -0.452 e. The Balaban J connectivity index is 1.82. The van der Waals surface area contributed by atoms with E-state index in [0.717, 1.165) is 18.9 Å². The predicted molar refractivity (Wildman–Crippen MR) is 88.0 cm³/mol. The molecule has 11 heteroatoms. The van der Waals surface area contributed by atoms with Crippen LogP contribution in [-0.2, 0) is 21.4 Å². The second-order valence-corrected chi connectivity index (χ2v) is 7.95. The van der Waals surface area contributed by atoms with Crippen LogP contribution in [0.3, 0.4) is 0 Å². The first-order valence-corrected chi connectivity index (χ1v) is 9.47. The summed E-state index contributed by atoms with van der Waals surface area (Å²) < 4.78 is 37.3. The number of aromatic nitrogens is 2. The van der Waals surface area contributed by atoms with Crippen molar-refractivity contribution in [3.63, 3.8) is 0 Å². The van der Waals surface area contributed by atoms with Crippen molar-refractivity contribution in [3.05, 3.63) is 39.5 Å². The number of hydrogen-bond acceptors (Lipinski definition) is 7. The molecule has 1 fully saturated rings. The zero-order chi connectivity index (χ0) is 18.2. The number of halogens is 2. The van der Waals surface area contributed by atoms with E-state index in [4.69, 9.17) is 32.4 Å². The standard InChI is InChI=1S/C14H13Cl2N3O5S/c1-7-17-18-13(24-7)6-23-14(20)9-4-12(11(16)5-10(9)15)25(21,22)19-8-2-3-8/h4-5,8,19H,2-3,6H2,1H3. The monoisotopic (exact) mass is 405 g/mol. The smallest absolute Gasteiger partial charge is 0.340 e. The number of nitrogens with zero attached hydrogens (tertiary/aromatic N) is 2. The van der Waals surface area contributed by atoms with Gasteiger partial charge < -0.3 is 9.15 Å². The number of rotatable bonds is 6. The highest BCUT2D eigenvalue weighted by atomic mass is 35.5. The van der Waals surface area contributed by atoms with Crippen molar-refractivity contribution in [3.8, 4) is 0 Å². The van der Waals surface area contributed by atoms with Gasteiger partial charge in [-0.25, -0.2) is 17.9 Å². The summed E-state index contributed by atoms with van der Waals surface area (Å²) in [6.07, 6.45) is 1.53. The molecule has 0 bridgehead atoms. The van der Waals surface area contributed by atoms with Gasteiger partial charge in [0.1, 0.15) is 4.90 Å². The van der Waals surface area contributed by atoms with Crippen molar-refractivity contribution in [2.45, 2.75) is 37.3 Å². The Hall–Kier alpha value is -1.68. The third-order valence-electron chi connectivity index (χ3n) is 3.32. The molecule has 0 unspecified atom stereocenters. The SMILES string of the molecule is Cc1nnc(COC(=O)c2cc(S(=O)(=O)NC3CC3)c(Cl)cc2Cl)o1. The summed E-state index contributed by atoms with van der Waals surface area (Å²) >= 11 is 12.0. The van der Waals surface area contributed by atoms with Gasteiger partial charge >= 0.3 is 5.97 Å². The zero-order valence-electron chi connectivity index (χ0n) is 13.0. The predicted octanol–water partition coefficient (Wildman–Crippen LogP) is 2.48. The lowest BCUT2D eigenvalue weighted by molar-refractivity contribution is 0.0437. The van der Waals surface area contributed by atoms with Crippen molar-refractivity contribution in [1.29, 1.82) is 0 Å². The summed E-state index contributed by atoms with van der Waals surface area (Å²) in [6, 6.07) is 2.18. The van der Waals surface area contributed by atoms with Crippen LogP contribution in [0, 0.1) is 6.92 Å². The van der Waals surface area contributed by atoms with Crippen LogP contribution in [0.15, 0.2) is 21.4 Å². The van der Waals surface area contributed by atoms with E-state index in [1.165, 1.54) is 6.07 Å². The number of esters is 1. The van der Waals surface area contributed by atoms with Gasteiger partial charge in [-0.15, -0.1) is 10.2 Å². The molecule has 0 radical (unpaired) electrons. The molecule has 1 heterocycles. The molecule has 0 atom stereocenters. The molecule has 8 nitrogen and oxygen atoms in total. The van der Waals surface area contributed by atoms with Crippen LogP contribution in [0.4, 0.5) is 0 Å². The Labute approximate surface area is 153 Å². The van der Waals surface area contributed by atoms with Gasteiger partial charge in [-0.1, -0.05) is 23.2 Å². The number of hydrogen-bond donors (Lipinski definition) is 1. The topological polar surface area (TPSA) is 111 Å². The summed E-state index contributed by atoms with van der Waals surface area (Å²) in [5.74, 6) is -0.394. The van der Waals surface area contributed by atoms with Crippen LogP contribution in [0.25, 0.3) is 0 Å². The molecular formula is C14H13Cl2N3O5S. The van der Waals surface area contributed by atoms with Crippen LogP contribution in [0.1, 0.15) is 35.0 Å². The molecule has 0 saturated heterocycles. The van der Waals surface area contributed by atoms with Gasteiger partial charge in [-0.05, 0) is 25.0 Å². The normalized spacial score (nSPS) is 14.5. The van der Waals surface area contributed by atoms with Crippen LogP contribution < -0.4 is 4.72 Å². The molecule has 1 saturated carbocycles. The van der Waals surface area contributed by atoms with E-state index in [0.29, 0.717) is 5.89 Å². The van der Waals surface area contributed by atoms with Crippen LogP contribution in [0.2, 0.25) is 10.0 Å². The molecule has 1 aliphatic rings. The molecule has 1 N–H and O–H groups in total. The highest BCUT2D eigenvalue weighted by Crippen LogP contribution is 2.31.